The standard InChI is InChI=1S/C23H26N4O3/c28-23(29)27(30)22(16-18-8-2-1-3-9-18)20(21-11-5-7-14-26-21)17-24-15-12-19-10-4-6-13-25-19/h1-11,13-14,20,22,24,30H,12,15-17H2,(H,28,29)/t20-,22-/m0/s1. The molecule has 0 aliphatic heterocycles. The maximum absolute atomic E-state index is 11.6. The van der Waals surface area contributed by atoms with E-state index in [2.05, 4.69) is 15.3 Å². The van der Waals surface area contributed by atoms with E-state index in [1.54, 1.807) is 12.4 Å². The predicted molar refractivity (Wildman–Crippen MR) is 113 cm³/mol. The Balaban J connectivity index is 1.77. The summed E-state index contributed by atoms with van der Waals surface area (Å²) < 4.78 is 0. The monoisotopic (exact) mass is 406 g/mol. The number of benzene rings is 1. The van der Waals surface area contributed by atoms with Crippen molar-refractivity contribution in [3.8, 4) is 0 Å². The summed E-state index contributed by atoms with van der Waals surface area (Å²) in [5.41, 5.74) is 2.65. The molecular formula is C23H26N4O3. The van der Waals surface area contributed by atoms with Gasteiger partial charge in [-0.25, -0.2) is 4.79 Å². The molecule has 0 aliphatic carbocycles. The van der Waals surface area contributed by atoms with Crippen LogP contribution in [0.2, 0.25) is 0 Å². The second-order valence-corrected chi connectivity index (χ2v) is 7.02. The number of hydrogen-bond donors (Lipinski definition) is 3. The third-order valence-corrected chi connectivity index (χ3v) is 4.98. The molecule has 7 heteroatoms. The number of nitrogens with one attached hydrogen (secondary N) is 1. The molecule has 1 aromatic carbocycles. The Bertz CT molecular complexity index is 894. The number of pyridine rings is 2. The Morgan fingerprint density at radius 3 is 2.30 bits per heavy atom. The third-order valence-electron chi connectivity index (χ3n) is 4.98. The van der Waals surface area contributed by atoms with Gasteiger partial charge in [0.25, 0.3) is 0 Å². The summed E-state index contributed by atoms with van der Waals surface area (Å²) in [6.07, 6.45) is 3.18. The van der Waals surface area contributed by atoms with E-state index in [1.165, 1.54) is 0 Å². The van der Waals surface area contributed by atoms with E-state index in [0.29, 0.717) is 24.6 Å². The first kappa shape index (κ1) is 21.4. The molecule has 0 saturated heterocycles. The fourth-order valence-corrected chi connectivity index (χ4v) is 3.45. The molecule has 2 heterocycles. The third kappa shape index (κ3) is 6.10. The molecule has 2 atom stereocenters. The van der Waals surface area contributed by atoms with E-state index >= 15 is 0 Å². The van der Waals surface area contributed by atoms with Crippen molar-refractivity contribution < 1.29 is 15.1 Å². The van der Waals surface area contributed by atoms with Gasteiger partial charge in [-0.05, 0) is 36.2 Å². The molecule has 3 aromatic rings. The Morgan fingerprint density at radius 1 is 0.967 bits per heavy atom. The van der Waals surface area contributed by atoms with Crippen LogP contribution in [0.5, 0.6) is 0 Å². The van der Waals surface area contributed by atoms with E-state index in [1.807, 2.05) is 66.7 Å². The number of carboxylic acid groups (broad SMARTS) is 1. The van der Waals surface area contributed by atoms with Crippen LogP contribution in [0.3, 0.4) is 0 Å². The summed E-state index contributed by atoms with van der Waals surface area (Å²) in [4.78, 5) is 20.4. The van der Waals surface area contributed by atoms with Gasteiger partial charge in [0.2, 0.25) is 0 Å². The van der Waals surface area contributed by atoms with Gasteiger partial charge >= 0.3 is 6.09 Å². The van der Waals surface area contributed by atoms with Gasteiger partial charge in [0.05, 0.1) is 6.04 Å². The molecular weight excluding hydrogens is 380 g/mol. The van der Waals surface area contributed by atoms with Crippen molar-refractivity contribution in [1.29, 1.82) is 0 Å². The average molecular weight is 406 g/mol. The first-order valence-corrected chi connectivity index (χ1v) is 9.91. The maximum Gasteiger partial charge on any atom is 0.431 e. The highest BCUT2D eigenvalue weighted by Gasteiger charge is 2.32. The summed E-state index contributed by atoms with van der Waals surface area (Å²) >= 11 is 0. The highest BCUT2D eigenvalue weighted by Crippen LogP contribution is 2.24. The molecule has 2 aromatic heterocycles. The summed E-state index contributed by atoms with van der Waals surface area (Å²) in [7, 11) is 0. The smallest absolute Gasteiger partial charge is 0.431 e. The zero-order valence-corrected chi connectivity index (χ0v) is 16.6. The second-order valence-electron chi connectivity index (χ2n) is 7.02. The molecule has 0 fully saturated rings. The topological polar surface area (TPSA) is 98.6 Å². The van der Waals surface area contributed by atoms with Crippen LogP contribution in [-0.2, 0) is 12.8 Å². The van der Waals surface area contributed by atoms with Crippen LogP contribution in [0.25, 0.3) is 0 Å². The van der Waals surface area contributed by atoms with Crippen LogP contribution < -0.4 is 5.32 Å². The van der Waals surface area contributed by atoms with Gasteiger partial charge in [-0.1, -0.05) is 42.5 Å². The summed E-state index contributed by atoms with van der Waals surface area (Å²) in [5.74, 6) is -0.337. The number of hydrogen-bond acceptors (Lipinski definition) is 5. The highest BCUT2D eigenvalue weighted by atomic mass is 16.6. The van der Waals surface area contributed by atoms with Gasteiger partial charge in [-0.3, -0.25) is 15.2 Å². The van der Waals surface area contributed by atoms with Crippen molar-refractivity contribution in [3.05, 3.63) is 96.1 Å². The van der Waals surface area contributed by atoms with Crippen LogP contribution in [0.15, 0.2) is 79.1 Å². The van der Waals surface area contributed by atoms with Gasteiger partial charge < -0.3 is 10.4 Å². The number of aromatic nitrogens is 2. The van der Waals surface area contributed by atoms with Crippen molar-refractivity contribution in [1.82, 2.24) is 20.3 Å². The van der Waals surface area contributed by atoms with Gasteiger partial charge in [0.1, 0.15) is 0 Å². The molecule has 30 heavy (non-hydrogen) atoms. The molecule has 156 valence electrons. The lowest BCUT2D eigenvalue weighted by Gasteiger charge is -2.31. The van der Waals surface area contributed by atoms with Gasteiger partial charge in [-0.2, -0.15) is 5.06 Å². The van der Waals surface area contributed by atoms with Crippen LogP contribution in [0, 0.1) is 0 Å². The largest absolute Gasteiger partial charge is 0.463 e. The van der Waals surface area contributed by atoms with Crippen LogP contribution in [-0.4, -0.2) is 50.6 Å². The van der Waals surface area contributed by atoms with Crippen molar-refractivity contribution in [3.63, 3.8) is 0 Å². The van der Waals surface area contributed by atoms with E-state index in [9.17, 15) is 15.1 Å². The maximum atomic E-state index is 11.6. The zero-order valence-electron chi connectivity index (χ0n) is 16.6. The Kier molecular flexibility index (Phi) is 7.88. The average Bonchev–Trinajstić information content (AvgIpc) is 2.79. The van der Waals surface area contributed by atoms with Crippen LogP contribution >= 0.6 is 0 Å². The molecule has 3 rings (SSSR count). The summed E-state index contributed by atoms with van der Waals surface area (Å²) in [6.45, 7) is 1.14. The van der Waals surface area contributed by atoms with Crippen LogP contribution in [0.1, 0.15) is 22.9 Å². The van der Waals surface area contributed by atoms with Crippen molar-refractivity contribution in [2.45, 2.75) is 24.8 Å². The quantitative estimate of drug-likeness (QED) is 0.271. The molecule has 0 radical (unpaired) electrons. The molecule has 0 unspecified atom stereocenters. The minimum atomic E-state index is -1.38. The molecule has 7 nitrogen and oxygen atoms in total. The highest BCUT2D eigenvalue weighted by molar-refractivity contribution is 5.64. The second kappa shape index (κ2) is 11.0. The number of carbonyl (C=O) groups is 1. The first-order valence-electron chi connectivity index (χ1n) is 9.91. The minimum absolute atomic E-state index is 0.337. The first-order chi connectivity index (χ1) is 14.6. The molecule has 0 spiro atoms. The van der Waals surface area contributed by atoms with Crippen molar-refractivity contribution in [2.75, 3.05) is 13.1 Å². The molecule has 1 amide bonds. The predicted octanol–water partition coefficient (Wildman–Crippen LogP) is 3.37. The number of amides is 1. The molecule has 0 bridgehead atoms. The van der Waals surface area contributed by atoms with Crippen molar-refractivity contribution >= 4 is 6.09 Å². The lowest BCUT2D eigenvalue weighted by molar-refractivity contribution is -0.103. The van der Waals surface area contributed by atoms with E-state index in [0.717, 1.165) is 23.4 Å². The van der Waals surface area contributed by atoms with Crippen molar-refractivity contribution in [2.24, 2.45) is 0 Å². The number of hydroxylamine groups is 2. The SMILES string of the molecule is O=C(O)N(O)[C@@H](Cc1ccccc1)[C@@H](CNCCc1ccccn1)c1ccccn1. The zero-order chi connectivity index (χ0) is 21.2. The Labute approximate surface area is 176 Å². The Hall–Kier alpha value is -3.29. The van der Waals surface area contributed by atoms with Gasteiger partial charge in [0.15, 0.2) is 0 Å². The summed E-state index contributed by atoms with van der Waals surface area (Å²) in [6, 6.07) is 20.2. The van der Waals surface area contributed by atoms with Gasteiger partial charge in [-0.15, -0.1) is 0 Å². The van der Waals surface area contributed by atoms with Gasteiger partial charge in [0, 0.05) is 49.2 Å². The van der Waals surface area contributed by atoms with E-state index in [-0.39, 0.29) is 5.92 Å². The lowest BCUT2D eigenvalue weighted by Crippen LogP contribution is -2.45. The summed E-state index contributed by atoms with van der Waals surface area (Å²) in [5, 5.41) is 23.6. The fourth-order valence-electron chi connectivity index (χ4n) is 3.45. The minimum Gasteiger partial charge on any atom is -0.463 e. The Morgan fingerprint density at radius 2 is 1.67 bits per heavy atom. The van der Waals surface area contributed by atoms with E-state index < -0.39 is 12.1 Å². The molecule has 0 saturated carbocycles. The molecule has 0 aliphatic rings. The van der Waals surface area contributed by atoms with E-state index in [4.69, 9.17) is 0 Å². The fraction of sp³-hybridized carbons (Fsp3) is 0.261. The number of nitrogens with zero attached hydrogens (tertiary/aromatic N) is 3. The molecule has 3 N–H and O–H groups in total. The van der Waals surface area contributed by atoms with Crippen LogP contribution in [0.4, 0.5) is 4.79 Å². The normalized spacial score (nSPS) is 12.8. The number of rotatable bonds is 10. The lowest BCUT2D eigenvalue weighted by atomic mass is 9.90.